The Kier molecular flexibility index (Phi) is 13.0. The molecule has 71 heavy (non-hydrogen) atoms. The highest BCUT2D eigenvalue weighted by Gasteiger charge is 2.56. The summed E-state index contributed by atoms with van der Waals surface area (Å²) >= 11 is 0. The Balaban J connectivity index is 0.633. The first-order chi connectivity index (χ1) is 34.6. The maximum Gasteiger partial charge on any atom is 0.255 e. The number of anilines is 4. The van der Waals surface area contributed by atoms with Crippen LogP contribution in [-0.4, -0.2) is 128 Å². The molecule has 1 unspecified atom stereocenters. The molecule has 1 aliphatic carbocycles. The van der Waals surface area contributed by atoms with Crippen LogP contribution >= 0.6 is 0 Å². The van der Waals surface area contributed by atoms with Crippen molar-refractivity contribution in [2.75, 3.05) is 93.0 Å². The molecule has 1 atom stereocenters. The Bertz CT molecular complexity index is 2800. The summed E-state index contributed by atoms with van der Waals surface area (Å²) in [5.41, 5.74) is 4.61. The SMILES string of the molecule is COc1cc2c(Oc3ccc(NC(=O)C4(C(=O)Nc5ccc(F)cc5)CC4)cc3)ccnc2cc1N1CCC(CN2CCN(C3CCN(c4ccc5c(c4)CN(C4CCCNC4=O)C5=O)CC3)CC2)CC1. The van der Waals surface area contributed by atoms with Gasteiger partial charge in [-0.15, -0.1) is 0 Å². The zero-order valence-corrected chi connectivity index (χ0v) is 40.3. The van der Waals surface area contributed by atoms with Gasteiger partial charge in [0.05, 0.1) is 18.3 Å². The van der Waals surface area contributed by atoms with Crippen molar-refractivity contribution < 1.29 is 33.0 Å². The van der Waals surface area contributed by atoms with E-state index in [9.17, 15) is 23.6 Å². The quantitative estimate of drug-likeness (QED) is 0.102. The summed E-state index contributed by atoms with van der Waals surface area (Å²) in [5, 5.41) is 9.38. The number of halogens is 1. The second kappa shape index (κ2) is 19.8. The topological polar surface area (TPSA) is 152 Å². The number of hydrogen-bond donors (Lipinski definition) is 3. The summed E-state index contributed by atoms with van der Waals surface area (Å²) in [6.45, 7) is 10.7. The molecule has 370 valence electrons. The number of nitrogens with zero attached hydrogens (tertiary/aromatic N) is 6. The highest BCUT2D eigenvalue weighted by Crippen LogP contribution is 2.48. The molecule has 4 amide bonds. The van der Waals surface area contributed by atoms with Crippen LogP contribution in [0.2, 0.25) is 0 Å². The van der Waals surface area contributed by atoms with E-state index in [4.69, 9.17) is 14.5 Å². The normalized spacial score (nSPS) is 20.9. The van der Waals surface area contributed by atoms with Crippen molar-refractivity contribution in [2.24, 2.45) is 11.3 Å². The Morgan fingerprint density at radius 2 is 1.46 bits per heavy atom. The molecule has 1 saturated carbocycles. The van der Waals surface area contributed by atoms with E-state index in [1.165, 1.54) is 30.0 Å². The van der Waals surface area contributed by atoms with Gasteiger partial charge in [0.15, 0.2) is 0 Å². The van der Waals surface area contributed by atoms with Crippen LogP contribution in [0.25, 0.3) is 10.9 Å². The molecule has 3 N–H and O–H groups in total. The minimum atomic E-state index is -1.16. The van der Waals surface area contributed by atoms with Gasteiger partial charge in [-0.25, -0.2) is 4.39 Å². The Labute approximate surface area is 413 Å². The Hall–Kier alpha value is -6.78. The summed E-state index contributed by atoms with van der Waals surface area (Å²) < 4.78 is 25.7. The van der Waals surface area contributed by atoms with Crippen molar-refractivity contribution in [2.45, 2.75) is 70.0 Å². The molecule has 0 bridgehead atoms. The number of methoxy groups -OCH3 is 1. The second-order valence-corrected chi connectivity index (χ2v) is 20.2. The van der Waals surface area contributed by atoms with Crippen LogP contribution in [0.4, 0.5) is 27.1 Å². The Morgan fingerprint density at radius 3 is 2.14 bits per heavy atom. The number of pyridine rings is 1. The number of carbonyl (C=O) groups is 4. The van der Waals surface area contributed by atoms with E-state index in [-0.39, 0.29) is 23.8 Å². The summed E-state index contributed by atoms with van der Waals surface area (Å²) in [5.74, 6) is 1.38. The number of piperidine rings is 3. The smallest absolute Gasteiger partial charge is 0.255 e. The molecule has 4 saturated heterocycles. The summed E-state index contributed by atoms with van der Waals surface area (Å²) in [7, 11) is 1.70. The third kappa shape index (κ3) is 9.71. The molecule has 5 aliphatic heterocycles. The molecule has 15 nitrogen and oxygen atoms in total. The number of aromatic nitrogens is 1. The van der Waals surface area contributed by atoms with Crippen LogP contribution in [0, 0.1) is 17.2 Å². The van der Waals surface area contributed by atoms with Gasteiger partial charge in [-0.2, -0.15) is 0 Å². The van der Waals surface area contributed by atoms with E-state index in [1.807, 2.05) is 18.2 Å². The van der Waals surface area contributed by atoms with Gasteiger partial charge < -0.3 is 45.0 Å². The van der Waals surface area contributed by atoms with Gasteiger partial charge in [0.2, 0.25) is 17.7 Å². The molecule has 6 aliphatic rings. The molecule has 1 aromatic heterocycles. The van der Waals surface area contributed by atoms with Crippen LogP contribution in [-0.2, 0) is 20.9 Å². The zero-order chi connectivity index (χ0) is 48.6. The molecule has 16 heteroatoms. The highest BCUT2D eigenvalue weighted by molar-refractivity contribution is 6.17. The van der Waals surface area contributed by atoms with Gasteiger partial charge in [-0.3, -0.25) is 29.1 Å². The summed E-state index contributed by atoms with van der Waals surface area (Å²) in [4.78, 5) is 68.8. The van der Waals surface area contributed by atoms with Gasteiger partial charge in [0.25, 0.3) is 5.91 Å². The average Bonchev–Trinajstić information content (AvgIpc) is 4.16. The first-order valence-electron chi connectivity index (χ1n) is 25.4. The summed E-state index contributed by atoms with van der Waals surface area (Å²) in [6, 6.07) is 24.9. The van der Waals surface area contributed by atoms with Gasteiger partial charge in [0, 0.05) is 112 Å². The van der Waals surface area contributed by atoms with E-state index < -0.39 is 17.1 Å². The van der Waals surface area contributed by atoms with Crippen LogP contribution < -0.4 is 35.2 Å². The van der Waals surface area contributed by atoms with E-state index in [0.717, 1.165) is 131 Å². The fraction of sp³-hybridized carbons (Fsp3) is 0.436. The van der Waals surface area contributed by atoms with E-state index in [0.29, 0.717) is 60.8 Å². The monoisotopic (exact) mass is 963 g/mol. The lowest BCUT2D eigenvalue weighted by molar-refractivity contribution is -0.131. The first-order valence-corrected chi connectivity index (χ1v) is 25.4. The van der Waals surface area contributed by atoms with E-state index >= 15 is 0 Å². The standard InChI is InChI=1S/C55H62FN9O6/c1-70-50-32-45-46(57-22-14-49(45)71-43-11-8-40(9-12-43)60-54(69)55(19-20-55)53(68)59-39-6-4-38(56)5-7-39)33-48(50)64-23-15-36(16-24-64)34-61-27-29-63(30-28-61)41-17-25-62(26-18-41)42-10-13-44-37(31-42)35-65(52(44)67)47-3-2-21-58-51(47)66/h4-14,22,31-33,36,41,47H,2-3,15-21,23-30,34-35H2,1H3,(H,58,66)(H,59,68)(H,60,69). The number of ether oxygens (including phenoxy) is 2. The lowest BCUT2D eigenvalue weighted by Crippen LogP contribution is -2.54. The van der Waals surface area contributed by atoms with Crippen molar-refractivity contribution >= 4 is 57.3 Å². The number of rotatable bonds is 13. The fourth-order valence-corrected chi connectivity index (χ4v) is 11.4. The molecule has 4 aromatic carbocycles. The van der Waals surface area contributed by atoms with Crippen molar-refractivity contribution in [3.05, 3.63) is 108 Å². The van der Waals surface area contributed by atoms with Gasteiger partial charge in [-0.1, -0.05) is 0 Å². The van der Waals surface area contributed by atoms with Crippen LogP contribution in [0.5, 0.6) is 17.2 Å². The minimum Gasteiger partial charge on any atom is -0.495 e. The molecule has 0 spiro atoms. The molecule has 6 heterocycles. The zero-order valence-electron chi connectivity index (χ0n) is 40.3. The van der Waals surface area contributed by atoms with Gasteiger partial charge in [-0.05, 0) is 148 Å². The lowest BCUT2D eigenvalue weighted by Gasteiger charge is -2.44. The maximum absolute atomic E-state index is 13.3. The van der Waals surface area contributed by atoms with Crippen LogP contribution in [0.15, 0.2) is 91.1 Å². The van der Waals surface area contributed by atoms with Gasteiger partial charge in [0.1, 0.15) is 34.5 Å². The number of benzene rings is 4. The highest BCUT2D eigenvalue weighted by atomic mass is 19.1. The number of amides is 4. The average molecular weight is 964 g/mol. The fourth-order valence-electron chi connectivity index (χ4n) is 11.4. The van der Waals surface area contributed by atoms with Crippen molar-refractivity contribution in [1.82, 2.24) is 25.0 Å². The second-order valence-electron chi connectivity index (χ2n) is 20.2. The van der Waals surface area contributed by atoms with E-state index in [2.05, 4.69) is 53.7 Å². The van der Waals surface area contributed by atoms with Crippen molar-refractivity contribution in [1.29, 1.82) is 0 Å². The van der Waals surface area contributed by atoms with Gasteiger partial charge >= 0.3 is 0 Å². The number of piperazine rings is 1. The maximum atomic E-state index is 13.3. The molecular formula is C55H62FN9O6. The number of fused-ring (bicyclic) bond motifs is 2. The molecule has 5 fully saturated rings. The van der Waals surface area contributed by atoms with Crippen molar-refractivity contribution in [3.8, 4) is 17.2 Å². The largest absolute Gasteiger partial charge is 0.495 e. The lowest BCUT2D eigenvalue weighted by atomic mass is 9.95. The van der Waals surface area contributed by atoms with E-state index in [1.54, 1.807) is 42.5 Å². The van der Waals surface area contributed by atoms with Crippen LogP contribution in [0.3, 0.4) is 0 Å². The minimum absolute atomic E-state index is 0.0201. The molecule has 5 aromatic rings. The molecule has 11 rings (SSSR count). The van der Waals surface area contributed by atoms with Crippen molar-refractivity contribution in [3.63, 3.8) is 0 Å². The Morgan fingerprint density at radius 1 is 0.775 bits per heavy atom. The summed E-state index contributed by atoms with van der Waals surface area (Å²) in [6.07, 6.45) is 8.74. The first kappa shape index (κ1) is 46.6. The predicted octanol–water partition coefficient (Wildman–Crippen LogP) is 7.27. The molecular weight excluding hydrogens is 902 g/mol. The third-order valence-corrected chi connectivity index (χ3v) is 15.8. The van der Waals surface area contributed by atoms with Crippen LogP contribution in [0.1, 0.15) is 67.3 Å². The predicted molar refractivity (Wildman–Crippen MR) is 271 cm³/mol. The number of carbonyl (C=O) groups excluding carboxylic acids is 4. The molecule has 0 radical (unpaired) electrons. The number of nitrogens with one attached hydrogen (secondary N) is 3. The number of hydrogen-bond acceptors (Lipinski definition) is 11. The third-order valence-electron chi connectivity index (χ3n) is 15.8.